The molecule has 1 aromatic heterocycles. The number of rotatable bonds is 6. The summed E-state index contributed by atoms with van der Waals surface area (Å²) in [4.78, 5) is 10.0. The quantitative estimate of drug-likeness (QED) is 0.811. The number of nitrogens with one attached hydrogen (secondary N) is 1. The van der Waals surface area contributed by atoms with E-state index in [0.29, 0.717) is 0 Å². The molecule has 7 heteroatoms. The normalized spacial score (nSPS) is 22.3. The highest BCUT2D eigenvalue weighted by Gasteiger charge is 2.20. The molecule has 1 atom stereocenters. The van der Waals surface area contributed by atoms with Crippen molar-refractivity contribution in [2.45, 2.75) is 38.8 Å². The third kappa shape index (κ3) is 6.45. The number of halogens is 1. The molecule has 0 amide bonds. The number of aromatic nitrogens is 1. The van der Waals surface area contributed by atoms with Crippen LogP contribution in [0.3, 0.4) is 0 Å². The lowest BCUT2D eigenvalue weighted by Gasteiger charge is -2.29. The molecule has 3 heterocycles. The minimum Gasteiger partial charge on any atom is -0.375 e. The van der Waals surface area contributed by atoms with Gasteiger partial charge in [0.1, 0.15) is 11.1 Å². The smallest absolute Gasteiger partial charge is 0.122 e. The Morgan fingerprint density at radius 2 is 1.96 bits per heavy atom. The Hall–Kier alpha value is -0.240. The molecular weight excluding hydrogens is 356 g/mol. The summed E-state index contributed by atoms with van der Waals surface area (Å²) in [6.07, 6.45) is 4.07. The second kappa shape index (κ2) is 10.8. The van der Waals surface area contributed by atoms with E-state index in [1.165, 1.54) is 64.2 Å². The van der Waals surface area contributed by atoms with Crippen LogP contribution in [-0.4, -0.2) is 67.7 Å². The van der Waals surface area contributed by atoms with Gasteiger partial charge in [-0.25, -0.2) is 4.98 Å². The van der Waals surface area contributed by atoms with Crippen molar-refractivity contribution in [3.8, 4) is 0 Å². The lowest BCUT2D eigenvalue weighted by molar-refractivity contribution is 0.119. The molecule has 0 saturated carbocycles. The SMILES string of the molecule is COC(C)c1nc(CN2CCCN(CC3CCNCC3)CC2)cs1.Cl. The molecular formula is C18H33ClN4OS. The summed E-state index contributed by atoms with van der Waals surface area (Å²) >= 11 is 1.72. The van der Waals surface area contributed by atoms with Crippen molar-refractivity contribution in [3.63, 3.8) is 0 Å². The topological polar surface area (TPSA) is 40.6 Å². The van der Waals surface area contributed by atoms with E-state index in [2.05, 4.69) is 27.4 Å². The first-order valence-electron chi connectivity index (χ1n) is 9.37. The number of hydrogen-bond donors (Lipinski definition) is 1. The highest BCUT2D eigenvalue weighted by atomic mass is 35.5. The van der Waals surface area contributed by atoms with Gasteiger partial charge in [-0.05, 0) is 58.3 Å². The first-order valence-corrected chi connectivity index (χ1v) is 10.2. The van der Waals surface area contributed by atoms with Crippen LogP contribution >= 0.6 is 23.7 Å². The van der Waals surface area contributed by atoms with Crippen LogP contribution in [0.4, 0.5) is 0 Å². The van der Waals surface area contributed by atoms with Crippen LogP contribution in [-0.2, 0) is 11.3 Å². The zero-order chi connectivity index (χ0) is 16.8. The Labute approximate surface area is 162 Å². The van der Waals surface area contributed by atoms with E-state index < -0.39 is 0 Å². The van der Waals surface area contributed by atoms with Crippen molar-refractivity contribution in [1.29, 1.82) is 0 Å². The maximum atomic E-state index is 5.37. The van der Waals surface area contributed by atoms with Gasteiger partial charge < -0.3 is 15.0 Å². The van der Waals surface area contributed by atoms with Crippen molar-refractivity contribution in [1.82, 2.24) is 20.1 Å². The molecule has 1 N–H and O–H groups in total. The maximum Gasteiger partial charge on any atom is 0.122 e. The number of thiazole rings is 1. The Morgan fingerprint density at radius 3 is 2.72 bits per heavy atom. The standard InChI is InChI=1S/C18H32N4OS.ClH/c1-15(23-2)18-20-17(14-24-18)13-22-9-3-8-21(10-11-22)12-16-4-6-19-7-5-16;/h14-16,19H,3-13H2,1-2H3;1H. The molecule has 1 aromatic rings. The van der Waals surface area contributed by atoms with Gasteiger partial charge in [-0.15, -0.1) is 23.7 Å². The summed E-state index contributed by atoms with van der Waals surface area (Å²) in [5.74, 6) is 0.898. The number of ether oxygens (including phenoxy) is 1. The average Bonchev–Trinajstić information content (AvgIpc) is 2.97. The first kappa shape index (κ1) is 21.1. The zero-order valence-corrected chi connectivity index (χ0v) is 17.2. The van der Waals surface area contributed by atoms with E-state index in [1.807, 2.05) is 0 Å². The van der Waals surface area contributed by atoms with Gasteiger partial charge in [0.2, 0.25) is 0 Å². The molecule has 0 aromatic carbocycles. The van der Waals surface area contributed by atoms with E-state index in [4.69, 9.17) is 9.72 Å². The van der Waals surface area contributed by atoms with Crippen LogP contribution in [0.5, 0.6) is 0 Å². The van der Waals surface area contributed by atoms with Crippen molar-refractivity contribution >= 4 is 23.7 Å². The van der Waals surface area contributed by atoms with Gasteiger partial charge in [0.05, 0.1) is 5.69 Å². The number of piperidine rings is 1. The highest BCUT2D eigenvalue weighted by Crippen LogP contribution is 2.21. The largest absolute Gasteiger partial charge is 0.375 e. The molecule has 0 spiro atoms. The maximum absolute atomic E-state index is 5.37. The summed E-state index contributed by atoms with van der Waals surface area (Å²) in [7, 11) is 1.75. The summed E-state index contributed by atoms with van der Waals surface area (Å²) in [6, 6.07) is 0. The lowest BCUT2D eigenvalue weighted by Crippen LogP contribution is -2.38. The van der Waals surface area contributed by atoms with Crippen molar-refractivity contribution < 1.29 is 4.74 Å². The summed E-state index contributed by atoms with van der Waals surface area (Å²) < 4.78 is 5.37. The molecule has 2 saturated heterocycles. The van der Waals surface area contributed by atoms with Gasteiger partial charge in [0.15, 0.2) is 0 Å². The number of methoxy groups -OCH3 is 1. The van der Waals surface area contributed by atoms with E-state index in [1.54, 1.807) is 18.4 Å². The van der Waals surface area contributed by atoms with E-state index in [0.717, 1.165) is 24.0 Å². The van der Waals surface area contributed by atoms with E-state index >= 15 is 0 Å². The third-order valence-corrected chi connectivity index (χ3v) is 6.37. The van der Waals surface area contributed by atoms with E-state index in [9.17, 15) is 0 Å². The molecule has 1 unspecified atom stereocenters. The van der Waals surface area contributed by atoms with Gasteiger partial charge in [-0.1, -0.05) is 0 Å². The van der Waals surface area contributed by atoms with Crippen molar-refractivity contribution in [3.05, 3.63) is 16.1 Å². The van der Waals surface area contributed by atoms with Gasteiger partial charge in [0, 0.05) is 38.7 Å². The molecule has 2 fully saturated rings. The minimum absolute atomic E-state index is 0. The monoisotopic (exact) mass is 388 g/mol. The Kier molecular flexibility index (Phi) is 9.10. The summed E-state index contributed by atoms with van der Waals surface area (Å²) in [6.45, 7) is 11.6. The third-order valence-electron chi connectivity index (χ3n) is 5.31. The average molecular weight is 389 g/mol. The van der Waals surface area contributed by atoms with Crippen LogP contribution in [0.2, 0.25) is 0 Å². The van der Waals surface area contributed by atoms with Crippen molar-refractivity contribution in [2.75, 3.05) is 52.9 Å². The fourth-order valence-corrected chi connectivity index (χ4v) is 4.55. The fraction of sp³-hybridized carbons (Fsp3) is 0.833. The fourth-order valence-electron chi connectivity index (χ4n) is 3.71. The molecule has 0 aliphatic carbocycles. The van der Waals surface area contributed by atoms with E-state index in [-0.39, 0.29) is 18.5 Å². The van der Waals surface area contributed by atoms with Crippen LogP contribution in [0, 0.1) is 5.92 Å². The second-order valence-electron chi connectivity index (χ2n) is 7.18. The Balaban J connectivity index is 0.00000225. The lowest BCUT2D eigenvalue weighted by atomic mass is 9.97. The zero-order valence-electron chi connectivity index (χ0n) is 15.6. The molecule has 144 valence electrons. The molecule has 0 radical (unpaired) electrons. The predicted octanol–water partition coefficient (Wildman–Crippen LogP) is 2.78. The van der Waals surface area contributed by atoms with Crippen LogP contribution in [0.25, 0.3) is 0 Å². The summed E-state index contributed by atoms with van der Waals surface area (Å²) in [5.41, 5.74) is 1.20. The van der Waals surface area contributed by atoms with Crippen LogP contribution < -0.4 is 5.32 Å². The molecule has 25 heavy (non-hydrogen) atoms. The highest BCUT2D eigenvalue weighted by molar-refractivity contribution is 7.09. The van der Waals surface area contributed by atoms with Crippen LogP contribution in [0.15, 0.2) is 5.38 Å². The Bertz CT molecular complexity index is 495. The second-order valence-corrected chi connectivity index (χ2v) is 8.07. The van der Waals surface area contributed by atoms with Gasteiger partial charge in [-0.3, -0.25) is 4.90 Å². The van der Waals surface area contributed by atoms with Gasteiger partial charge >= 0.3 is 0 Å². The molecule has 2 aliphatic heterocycles. The number of nitrogens with zero attached hydrogens (tertiary/aromatic N) is 3. The van der Waals surface area contributed by atoms with Crippen molar-refractivity contribution in [2.24, 2.45) is 5.92 Å². The predicted molar refractivity (Wildman–Crippen MR) is 107 cm³/mol. The summed E-state index contributed by atoms with van der Waals surface area (Å²) in [5, 5.41) is 6.76. The molecule has 0 bridgehead atoms. The number of hydrogen-bond acceptors (Lipinski definition) is 6. The van der Waals surface area contributed by atoms with Crippen LogP contribution in [0.1, 0.15) is 43.0 Å². The molecule has 2 aliphatic rings. The minimum atomic E-state index is 0. The molecule has 3 rings (SSSR count). The van der Waals surface area contributed by atoms with Gasteiger partial charge in [0.25, 0.3) is 0 Å². The molecule has 5 nitrogen and oxygen atoms in total. The first-order chi connectivity index (χ1) is 11.7. The van der Waals surface area contributed by atoms with Gasteiger partial charge in [-0.2, -0.15) is 0 Å². The Morgan fingerprint density at radius 1 is 1.24 bits per heavy atom.